The molecule has 3 fully saturated rings. The van der Waals surface area contributed by atoms with Crippen LogP contribution in [0.3, 0.4) is 0 Å². The summed E-state index contributed by atoms with van der Waals surface area (Å²) < 4.78 is 51.5. The summed E-state index contributed by atoms with van der Waals surface area (Å²) in [5.41, 5.74) is 2.43. The number of piperidine rings is 1. The Morgan fingerprint density at radius 2 is 1.40 bits per heavy atom. The average molecular weight is 1170 g/mol. The van der Waals surface area contributed by atoms with Crippen molar-refractivity contribution in [1.82, 2.24) is 30.8 Å². The maximum Gasteiger partial charge on any atom is 0.272 e. The summed E-state index contributed by atoms with van der Waals surface area (Å²) in [7, 11) is 3.32. The highest BCUT2D eigenvalue weighted by atomic mass is 35.5. The third kappa shape index (κ3) is 18.5. The summed E-state index contributed by atoms with van der Waals surface area (Å²) in [5, 5.41) is 27.3. The number of halogens is 1. The van der Waals surface area contributed by atoms with Gasteiger partial charge < -0.3 is 73.3 Å². The van der Waals surface area contributed by atoms with E-state index in [1.165, 1.54) is 0 Å². The molecule has 450 valence electrons. The van der Waals surface area contributed by atoms with Crippen molar-refractivity contribution < 1.29 is 57.0 Å². The lowest BCUT2D eigenvalue weighted by molar-refractivity contribution is -0.120. The number of anilines is 5. The third-order valence-electron chi connectivity index (χ3n) is 15.1. The first-order valence-electron chi connectivity index (χ1n) is 29.1. The molecule has 0 unspecified atom stereocenters. The van der Waals surface area contributed by atoms with Crippen molar-refractivity contribution in [3.05, 3.63) is 76.6 Å². The molecule has 83 heavy (non-hydrogen) atoms. The van der Waals surface area contributed by atoms with Crippen LogP contribution >= 0.6 is 11.6 Å². The minimum absolute atomic E-state index is 0.0184. The molecule has 4 aromatic rings. The van der Waals surface area contributed by atoms with Gasteiger partial charge in [0.25, 0.3) is 11.8 Å². The Morgan fingerprint density at radius 3 is 2.00 bits per heavy atom. The number of aromatic nitrogens is 4. The van der Waals surface area contributed by atoms with Gasteiger partial charge in [-0.1, -0.05) is 31.4 Å². The molecule has 2 aromatic heterocycles. The maximum atomic E-state index is 13.3. The zero-order valence-electron chi connectivity index (χ0n) is 48.0. The van der Waals surface area contributed by atoms with Crippen molar-refractivity contribution in [3.63, 3.8) is 0 Å². The molecule has 23 nitrogen and oxygen atoms in total. The van der Waals surface area contributed by atoms with E-state index < -0.39 is 0 Å². The molecule has 3 N–H and O–H groups in total. The fourth-order valence-corrected chi connectivity index (χ4v) is 10.8. The van der Waals surface area contributed by atoms with E-state index in [-0.39, 0.29) is 48.1 Å². The van der Waals surface area contributed by atoms with E-state index >= 15 is 0 Å². The van der Waals surface area contributed by atoms with Gasteiger partial charge in [-0.05, 0) is 100 Å². The molecule has 2 saturated carbocycles. The van der Waals surface area contributed by atoms with E-state index in [0.717, 1.165) is 88.9 Å². The number of carbonyl (C=O) groups is 3. The molecule has 4 aliphatic rings. The molecule has 3 amide bonds. The Balaban J connectivity index is 0.568. The summed E-state index contributed by atoms with van der Waals surface area (Å²) in [5.74, 6) is 2.53. The number of benzene rings is 2. The number of hydrogen-bond donors (Lipinski definition) is 3. The first-order chi connectivity index (χ1) is 40.6. The molecule has 8 rings (SSSR count). The lowest BCUT2D eigenvalue weighted by Gasteiger charge is -2.43. The Morgan fingerprint density at radius 1 is 0.747 bits per heavy atom. The van der Waals surface area contributed by atoms with Gasteiger partial charge >= 0.3 is 0 Å². The number of carbonyl (C=O) groups excluding carboxylic acids is 3. The Bertz CT molecular complexity index is 2720. The number of ether oxygens (including phenoxy) is 9. The van der Waals surface area contributed by atoms with Crippen molar-refractivity contribution in [1.29, 1.82) is 5.26 Å². The monoisotopic (exact) mass is 1170 g/mol. The zero-order valence-corrected chi connectivity index (χ0v) is 48.8. The molecule has 1 saturated heterocycles. The fraction of sp³-hybridized carbons (Fsp3) is 0.593. The van der Waals surface area contributed by atoms with Crippen LogP contribution in [0.15, 0.2) is 54.7 Å². The van der Waals surface area contributed by atoms with Crippen LogP contribution in [0.1, 0.15) is 104 Å². The minimum atomic E-state index is -0.271. The summed E-state index contributed by atoms with van der Waals surface area (Å²) in [6.45, 7) is 9.60. The van der Waals surface area contributed by atoms with Gasteiger partial charge in [0.1, 0.15) is 29.3 Å². The average Bonchev–Trinajstić information content (AvgIpc) is 4.22. The molecule has 4 heterocycles. The van der Waals surface area contributed by atoms with Crippen molar-refractivity contribution >= 4 is 58.3 Å². The second-order valence-electron chi connectivity index (χ2n) is 20.7. The molecular weight excluding hydrogens is 1090 g/mol. The van der Waals surface area contributed by atoms with Crippen LogP contribution < -0.4 is 40.1 Å². The molecule has 2 aliphatic heterocycles. The largest absolute Gasteiger partial charge is 0.495 e. The standard InChI is InChI=1S/C59H80ClN11O12/c1-4-51-58(74)69(2)52-40-63-59(66-55(52)71(51)44-7-5-6-8-44)65-49-16-10-41(37-53(49)75-3)56(72)62-21-24-76-25-26-77-27-28-78-29-30-79-31-32-80-33-34-81-35-36-82-45-19-22-70(23-20-45)54-18-17-50(67-68-54)57(73)64-43-11-14-46(15-12-43)83-47-13-9-42(39-61)48(60)38-47/h9-10,13,16-18,37-38,40,43-46,51H,4-8,11-12,14-15,19-36H2,1-3H3,(H,62,72)(H,64,73)(H,63,65,66)/t43?,46?,51-/m1/s1. The predicted octanol–water partition coefficient (Wildman–Crippen LogP) is 6.68. The summed E-state index contributed by atoms with van der Waals surface area (Å²) in [4.78, 5) is 54.7. The van der Waals surface area contributed by atoms with E-state index in [9.17, 15) is 14.4 Å². The van der Waals surface area contributed by atoms with Crippen LogP contribution in [0.5, 0.6) is 11.5 Å². The fourth-order valence-electron chi connectivity index (χ4n) is 10.6. The topological polar surface area (TPSA) is 255 Å². The van der Waals surface area contributed by atoms with E-state index in [1.807, 2.05) is 13.0 Å². The molecule has 2 aromatic carbocycles. The van der Waals surface area contributed by atoms with Crippen molar-refractivity contribution in [2.45, 2.75) is 108 Å². The van der Waals surface area contributed by atoms with Crippen LogP contribution in [-0.2, 0) is 38.0 Å². The van der Waals surface area contributed by atoms with Gasteiger partial charge in [0.05, 0.1) is 128 Å². The maximum absolute atomic E-state index is 13.3. The lowest BCUT2D eigenvalue weighted by Crippen LogP contribution is -2.55. The van der Waals surface area contributed by atoms with Crippen LogP contribution in [0.4, 0.5) is 29.0 Å². The van der Waals surface area contributed by atoms with E-state index in [4.69, 9.17) is 64.5 Å². The molecule has 0 bridgehead atoms. The number of fused-ring (bicyclic) bond motifs is 1. The molecule has 24 heteroatoms. The molecule has 0 radical (unpaired) electrons. The molecule has 2 aliphatic carbocycles. The van der Waals surface area contributed by atoms with Gasteiger partial charge in [-0.15, -0.1) is 10.2 Å². The number of hydrogen-bond acceptors (Lipinski definition) is 20. The van der Waals surface area contributed by atoms with Gasteiger partial charge in [0.15, 0.2) is 17.3 Å². The Labute approximate surface area is 491 Å². The van der Waals surface area contributed by atoms with Gasteiger partial charge in [0, 0.05) is 50.4 Å². The number of nitrogens with one attached hydrogen (secondary N) is 3. The highest BCUT2D eigenvalue weighted by Gasteiger charge is 2.41. The third-order valence-corrected chi connectivity index (χ3v) is 15.4. The molecule has 1 atom stereocenters. The van der Waals surface area contributed by atoms with Crippen LogP contribution in [0.2, 0.25) is 5.02 Å². The summed E-state index contributed by atoms with van der Waals surface area (Å²) in [6, 6.07) is 15.9. The highest BCUT2D eigenvalue weighted by molar-refractivity contribution is 6.31. The Hall–Kier alpha value is -6.49. The SMILES string of the molecule is CC[C@@H]1C(=O)N(C)c2cnc(Nc3ccc(C(=O)NCCOCCOCCOCCOCCOCCOCCOC4CCN(c5ccc(C(=O)NC6CCC(Oc7ccc(C#N)c(Cl)c7)CC6)nn5)CC4)cc3OC)nc2N1C1CCCC1. The smallest absolute Gasteiger partial charge is 0.272 e. The predicted molar refractivity (Wildman–Crippen MR) is 311 cm³/mol. The number of nitriles is 1. The van der Waals surface area contributed by atoms with Gasteiger partial charge in [-0.2, -0.15) is 10.2 Å². The van der Waals surface area contributed by atoms with Crippen molar-refractivity contribution in [2.75, 3.05) is 140 Å². The second kappa shape index (κ2) is 33.1. The van der Waals surface area contributed by atoms with Gasteiger partial charge in [-0.25, -0.2) is 4.98 Å². The van der Waals surface area contributed by atoms with E-state index in [2.05, 4.69) is 47.0 Å². The van der Waals surface area contributed by atoms with E-state index in [0.29, 0.717) is 150 Å². The Kier molecular flexibility index (Phi) is 25.0. The van der Waals surface area contributed by atoms with Crippen LogP contribution in [0.25, 0.3) is 0 Å². The first-order valence-corrected chi connectivity index (χ1v) is 29.5. The summed E-state index contributed by atoms with van der Waals surface area (Å²) >= 11 is 6.15. The number of amides is 3. The van der Waals surface area contributed by atoms with Crippen molar-refractivity contribution in [3.8, 4) is 17.6 Å². The summed E-state index contributed by atoms with van der Waals surface area (Å²) in [6.07, 6.45) is 11.7. The normalized spacial score (nSPS) is 18.4. The zero-order chi connectivity index (χ0) is 58.2. The van der Waals surface area contributed by atoms with Gasteiger partial charge in [0.2, 0.25) is 11.9 Å². The number of rotatable bonds is 33. The quantitative estimate of drug-likeness (QED) is 0.0420. The lowest BCUT2D eigenvalue weighted by atomic mass is 9.93. The first kappa shape index (κ1) is 62.6. The number of methoxy groups -OCH3 is 1. The highest BCUT2D eigenvalue weighted by Crippen LogP contribution is 2.40. The van der Waals surface area contributed by atoms with E-state index in [1.54, 1.807) is 67.7 Å². The van der Waals surface area contributed by atoms with Crippen LogP contribution in [0, 0.1) is 11.3 Å². The van der Waals surface area contributed by atoms with Crippen molar-refractivity contribution in [2.24, 2.45) is 0 Å². The number of nitrogens with zero attached hydrogens (tertiary/aromatic N) is 8. The molecule has 0 spiro atoms. The second-order valence-corrected chi connectivity index (χ2v) is 21.1. The number of likely N-dealkylation sites (N-methyl/N-ethyl adjacent to an activating group) is 1. The van der Waals surface area contributed by atoms with Gasteiger partial charge in [-0.3, -0.25) is 14.4 Å². The minimum Gasteiger partial charge on any atom is -0.495 e. The van der Waals surface area contributed by atoms with Crippen LogP contribution in [-0.4, -0.2) is 188 Å². The molecular formula is C59H80ClN11O12.